The molecule has 100 valence electrons. The van der Waals surface area contributed by atoms with Gasteiger partial charge in [0, 0.05) is 19.3 Å². The van der Waals surface area contributed by atoms with E-state index in [1.54, 1.807) is 18.7 Å². The topological polar surface area (TPSA) is 68.0 Å². The molecule has 3 aromatic rings. The molecule has 3 aromatic heterocycles. The van der Waals surface area contributed by atoms with Crippen LogP contribution in [0.2, 0.25) is 0 Å². The summed E-state index contributed by atoms with van der Waals surface area (Å²) in [7, 11) is 0. The van der Waals surface area contributed by atoms with Crippen molar-refractivity contribution in [1.29, 1.82) is 0 Å². The summed E-state index contributed by atoms with van der Waals surface area (Å²) >= 11 is 1.41. The summed E-state index contributed by atoms with van der Waals surface area (Å²) in [6, 6.07) is 7.45. The van der Waals surface area contributed by atoms with E-state index in [2.05, 4.69) is 15.3 Å². The molecule has 0 saturated heterocycles. The third-order valence-corrected chi connectivity index (χ3v) is 3.63. The van der Waals surface area contributed by atoms with E-state index in [0.29, 0.717) is 10.9 Å². The first-order valence-electron chi connectivity index (χ1n) is 5.97. The van der Waals surface area contributed by atoms with Crippen LogP contribution in [0.25, 0.3) is 21.9 Å². The van der Waals surface area contributed by atoms with Gasteiger partial charge >= 0.3 is 0 Å². The molecule has 20 heavy (non-hydrogen) atoms. The number of thiazole rings is 1. The number of rotatable bonds is 3. The number of nitrogens with one attached hydrogen (secondary N) is 1. The highest BCUT2D eigenvalue weighted by Crippen LogP contribution is 2.38. The fraction of sp³-hybridized carbons (Fsp3) is 0.0714. The van der Waals surface area contributed by atoms with Crippen LogP contribution in [-0.4, -0.2) is 15.9 Å². The number of nitrogens with zero attached hydrogens (tertiary/aromatic N) is 2. The number of carbonyl (C=O) groups excluding carboxylic acids is 1. The Bertz CT molecular complexity index is 720. The molecule has 0 bridgehead atoms. The van der Waals surface area contributed by atoms with Crippen LogP contribution in [-0.2, 0) is 4.79 Å². The van der Waals surface area contributed by atoms with E-state index in [1.807, 2.05) is 24.3 Å². The molecule has 0 aliphatic carbocycles. The van der Waals surface area contributed by atoms with Gasteiger partial charge in [0.15, 0.2) is 10.9 Å². The molecule has 3 rings (SSSR count). The quantitative estimate of drug-likeness (QED) is 0.800. The van der Waals surface area contributed by atoms with Crippen molar-refractivity contribution in [2.24, 2.45) is 0 Å². The van der Waals surface area contributed by atoms with E-state index in [1.165, 1.54) is 18.3 Å². The van der Waals surface area contributed by atoms with Gasteiger partial charge in [-0.05, 0) is 29.8 Å². The van der Waals surface area contributed by atoms with Crippen LogP contribution in [0.3, 0.4) is 0 Å². The fourth-order valence-corrected chi connectivity index (χ4v) is 2.83. The van der Waals surface area contributed by atoms with Crippen molar-refractivity contribution in [3.05, 3.63) is 42.9 Å². The highest BCUT2D eigenvalue weighted by atomic mass is 32.1. The number of pyridine rings is 1. The minimum Gasteiger partial charge on any atom is -0.463 e. The molecule has 0 saturated carbocycles. The van der Waals surface area contributed by atoms with Gasteiger partial charge in [-0.15, -0.1) is 0 Å². The molecule has 0 unspecified atom stereocenters. The first-order chi connectivity index (χ1) is 9.74. The normalized spacial score (nSPS) is 10.4. The zero-order valence-corrected chi connectivity index (χ0v) is 11.5. The maximum atomic E-state index is 11.2. The molecule has 0 fully saturated rings. The van der Waals surface area contributed by atoms with E-state index in [9.17, 15) is 4.79 Å². The Labute approximate surface area is 119 Å². The lowest BCUT2D eigenvalue weighted by Crippen LogP contribution is -2.04. The number of hydrogen-bond donors (Lipinski definition) is 1. The Morgan fingerprint density at radius 2 is 2.10 bits per heavy atom. The van der Waals surface area contributed by atoms with Gasteiger partial charge in [-0.3, -0.25) is 9.78 Å². The SMILES string of the molecule is CC(=O)Nc1nc(-c2ccco2)c(-c2ccncc2)s1. The number of hydrogen-bond acceptors (Lipinski definition) is 5. The summed E-state index contributed by atoms with van der Waals surface area (Å²) in [5.41, 5.74) is 1.70. The van der Waals surface area contributed by atoms with E-state index >= 15 is 0 Å². The first-order valence-corrected chi connectivity index (χ1v) is 6.78. The molecular formula is C14H11N3O2S. The van der Waals surface area contributed by atoms with Gasteiger partial charge in [-0.1, -0.05) is 11.3 Å². The van der Waals surface area contributed by atoms with Crippen molar-refractivity contribution < 1.29 is 9.21 Å². The lowest BCUT2D eigenvalue weighted by Gasteiger charge is -1.98. The van der Waals surface area contributed by atoms with Gasteiger partial charge in [0.2, 0.25) is 5.91 Å². The van der Waals surface area contributed by atoms with Gasteiger partial charge in [0.05, 0.1) is 11.1 Å². The highest BCUT2D eigenvalue weighted by molar-refractivity contribution is 7.19. The highest BCUT2D eigenvalue weighted by Gasteiger charge is 2.17. The van der Waals surface area contributed by atoms with E-state index in [4.69, 9.17) is 4.42 Å². The fourth-order valence-electron chi connectivity index (χ4n) is 1.80. The van der Waals surface area contributed by atoms with E-state index in [0.717, 1.165) is 16.1 Å². The molecular weight excluding hydrogens is 274 g/mol. The molecule has 1 N–H and O–H groups in total. The molecule has 0 aromatic carbocycles. The zero-order chi connectivity index (χ0) is 13.9. The average Bonchev–Trinajstić information content (AvgIpc) is 3.07. The van der Waals surface area contributed by atoms with Crippen molar-refractivity contribution in [2.45, 2.75) is 6.92 Å². The summed E-state index contributed by atoms with van der Waals surface area (Å²) in [4.78, 5) is 20.6. The van der Waals surface area contributed by atoms with Crippen molar-refractivity contribution in [2.75, 3.05) is 5.32 Å². The van der Waals surface area contributed by atoms with Crippen LogP contribution >= 0.6 is 11.3 Å². The van der Waals surface area contributed by atoms with Crippen LogP contribution in [0.1, 0.15) is 6.92 Å². The molecule has 3 heterocycles. The van der Waals surface area contributed by atoms with Crippen LogP contribution in [0.15, 0.2) is 47.3 Å². The van der Waals surface area contributed by atoms with E-state index < -0.39 is 0 Å². The molecule has 0 aliphatic heterocycles. The van der Waals surface area contributed by atoms with Gasteiger partial charge in [0.25, 0.3) is 0 Å². The maximum absolute atomic E-state index is 11.2. The lowest BCUT2D eigenvalue weighted by molar-refractivity contribution is -0.114. The second-order valence-electron chi connectivity index (χ2n) is 4.09. The molecule has 0 aliphatic rings. The number of aromatic nitrogens is 2. The molecule has 0 atom stereocenters. The van der Waals surface area contributed by atoms with Gasteiger partial charge < -0.3 is 9.73 Å². The number of amides is 1. The lowest BCUT2D eigenvalue weighted by atomic mass is 10.2. The summed E-state index contributed by atoms with van der Waals surface area (Å²) in [5.74, 6) is 0.524. The summed E-state index contributed by atoms with van der Waals surface area (Å²) in [6.07, 6.45) is 5.04. The molecule has 1 amide bonds. The third kappa shape index (κ3) is 2.46. The Kier molecular flexibility index (Phi) is 3.30. The number of anilines is 1. The predicted molar refractivity (Wildman–Crippen MR) is 77.4 cm³/mol. The van der Waals surface area contributed by atoms with Crippen molar-refractivity contribution in [3.8, 4) is 21.9 Å². The minimum absolute atomic E-state index is 0.147. The van der Waals surface area contributed by atoms with E-state index in [-0.39, 0.29) is 5.91 Å². The molecule has 5 nitrogen and oxygen atoms in total. The predicted octanol–water partition coefficient (Wildman–Crippen LogP) is 3.42. The number of carbonyl (C=O) groups is 1. The number of furan rings is 1. The minimum atomic E-state index is -0.147. The Balaban J connectivity index is 2.11. The smallest absolute Gasteiger partial charge is 0.223 e. The van der Waals surface area contributed by atoms with Crippen LogP contribution in [0.4, 0.5) is 5.13 Å². The molecule has 0 radical (unpaired) electrons. The summed E-state index contributed by atoms with van der Waals surface area (Å²) in [6.45, 7) is 1.46. The summed E-state index contributed by atoms with van der Waals surface area (Å²) in [5, 5.41) is 3.26. The second-order valence-corrected chi connectivity index (χ2v) is 5.09. The van der Waals surface area contributed by atoms with Crippen LogP contribution < -0.4 is 5.32 Å². The second kappa shape index (κ2) is 5.26. The zero-order valence-electron chi connectivity index (χ0n) is 10.7. The largest absolute Gasteiger partial charge is 0.463 e. The maximum Gasteiger partial charge on any atom is 0.223 e. The monoisotopic (exact) mass is 285 g/mol. The third-order valence-electron chi connectivity index (χ3n) is 2.61. The first kappa shape index (κ1) is 12.6. The Morgan fingerprint density at radius 1 is 1.30 bits per heavy atom. The van der Waals surface area contributed by atoms with Crippen LogP contribution in [0, 0.1) is 0 Å². The van der Waals surface area contributed by atoms with Gasteiger partial charge in [0.1, 0.15) is 5.69 Å². The van der Waals surface area contributed by atoms with Gasteiger partial charge in [-0.25, -0.2) is 4.98 Å². The Morgan fingerprint density at radius 3 is 2.75 bits per heavy atom. The van der Waals surface area contributed by atoms with Gasteiger partial charge in [-0.2, -0.15) is 0 Å². The molecule has 0 spiro atoms. The Hall–Kier alpha value is -2.47. The van der Waals surface area contributed by atoms with Crippen LogP contribution in [0.5, 0.6) is 0 Å². The standard InChI is InChI=1S/C14H11N3O2S/c1-9(18)16-14-17-12(11-3-2-8-19-11)13(20-14)10-4-6-15-7-5-10/h2-8H,1H3,(H,16,17,18). The molecule has 6 heteroatoms. The van der Waals surface area contributed by atoms with Crippen molar-refractivity contribution in [1.82, 2.24) is 9.97 Å². The van der Waals surface area contributed by atoms with Crippen molar-refractivity contribution in [3.63, 3.8) is 0 Å². The average molecular weight is 285 g/mol. The summed E-state index contributed by atoms with van der Waals surface area (Å²) < 4.78 is 5.42. The van der Waals surface area contributed by atoms with Crippen molar-refractivity contribution >= 4 is 22.4 Å².